The minimum absolute atomic E-state index is 0.0150. The van der Waals surface area contributed by atoms with Crippen molar-refractivity contribution in [2.45, 2.75) is 19.4 Å². The summed E-state index contributed by atoms with van der Waals surface area (Å²) in [5.41, 5.74) is 8.48. The number of nitrogens with two attached hydrogens (primary N) is 1. The van der Waals surface area contributed by atoms with Crippen LogP contribution in [0.2, 0.25) is 0 Å². The number of fused-ring (bicyclic) bond motifs is 1. The highest BCUT2D eigenvalue weighted by molar-refractivity contribution is 5.98. The molecular formula is C25H22N6O2. The molecular weight excluding hydrogens is 416 g/mol. The molecule has 1 amide bonds. The highest BCUT2D eigenvalue weighted by atomic mass is 16.5. The zero-order valence-corrected chi connectivity index (χ0v) is 18.1. The van der Waals surface area contributed by atoms with Crippen LogP contribution in [0.5, 0.6) is 11.5 Å². The van der Waals surface area contributed by atoms with Crippen LogP contribution in [0.3, 0.4) is 0 Å². The summed E-state index contributed by atoms with van der Waals surface area (Å²) in [6.07, 6.45) is 2.21. The van der Waals surface area contributed by atoms with Crippen LogP contribution in [0.1, 0.15) is 19.4 Å². The molecule has 1 aliphatic heterocycles. The Morgan fingerprint density at radius 1 is 1.09 bits per heavy atom. The first-order valence-electron chi connectivity index (χ1n) is 10.7. The second kappa shape index (κ2) is 8.63. The third-order valence-corrected chi connectivity index (χ3v) is 5.65. The average Bonchev–Trinajstić information content (AvgIpc) is 3.47. The Kier molecular flexibility index (Phi) is 5.37. The molecule has 0 bridgehead atoms. The van der Waals surface area contributed by atoms with Gasteiger partial charge in [-0.3, -0.25) is 4.79 Å². The molecule has 3 heterocycles. The lowest BCUT2D eigenvalue weighted by Gasteiger charge is -2.14. The topological polar surface area (TPSA) is 99.2 Å². The highest BCUT2D eigenvalue weighted by Crippen LogP contribution is 2.34. The number of anilines is 1. The summed E-state index contributed by atoms with van der Waals surface area (Å²) in [4.78, 5) is 22.6. The number of benzene rings is 2. The summed E-state index contributed by atoms with van der Waals surface area (Å²) in [5, 5.41) is 5.58. The molecule has 4 aromatic rings. The number of hydrogen-bond acceptors (Lipinski definition) is 6. The fourth-order valence-corrected chi connectivity index (χ4v) is 4.07. The Morgan fingerprint density at radius 3 is 2.61 bits per heavy atom. The molecule has 1 unspecified atom stereocenters. The van der Waals surface area contributed by atoms with Gasteiger partial charge in [0.1, 0.15) is 29.3 Å². The van der Waals surface area contributed by atoms with Gasteiger partial charge in [-0.25, -0.2) is 14.6 Å². The van der Waals surface area contributed by atoms with Crippen molar-refractivity contribution in [3.05, 3.63) is 60.9 Å². The smallest absolute Gasteiger partial charge is 0.298 e. The van der Waals surface area contributed by atoms with Gasteiger partial charge in [0.2, 0.25) is 0 Å². The number of para-hydroxylation sites is 1. The Labute approximate surface area is 191 Å². The van der Waals surface area contributed by atoms with E-state index in [1.807, 2.05) is 59.3 Å². The second-order valence-corrected chi connectivity index (χ2v) is 7.76. The van der Waals surface area contributed by atoms with Crippen molar-refractivity contribution in [2.75, 3.05) is 18.8 Å². The van der Waals surface area contributed by atoms with Gasteiger partial charge in [0.25, 0.3) is 5.91 Å². The molecule has 0 spiro atoms. The highest BCUT2D eigenvalue weighted by Gasteiger charge is 2.30. The first-order valence-corrected chi connectivity index (χ1v) is 10.7. The third-order valence-electron chi connectivity index (χ3n) is 5.65. The van der Waals surface area contributed by atoms with Crippen LogP contribution in [0.4, 0.5) is 5.82 Å². The molecule has 1 aliphatic rings. The zero-order chi connectivity index (χ0) is 22.8. The van der Waals surface area contributed by atoms with Crippen LogP contribution < -0.4 is 10.5 Å². The van der Waals surface area contributed by atoms with Crippen molar-refractivity contribution in [1.82, 2.24) is 24.6 Å². The van der Waals surface area contributed by atoms with E-state index in [0.717, 1.165) is 23.5 Å². The summed E-state index contributed by atoms with van der Waals surface area (Å²) in [7, 11) is 0. The van der Waals surface area contributed by atoms with E-state index in [2.05, 4.69) is 21.8 Å². The summed E-state index contributed by atoms with van der Waals surface area (Å²) >= 11 is 0. The summed E-state index contributed by atoms with van der Waals surface area (Å²) < 4.78 is 7.76. The molecule has 33 heavy (non-hydrogen) atoms. The number of hydrogen-bond donors (Lipinski definition) is 1. The molecule has 2 aromatic carbocycles. The monoisotopic (exact) mass is 438 g/mol. The number of nitrogen functional groups attached to an aromatic ring is 1. The van der Waals surface area contributed by atoms with Gasteiger partial charge >= 0.3 is 0 Å². The largest absolute Gasteiger partial charge is 0.457 e. The molecule has 2 N–H and O–H groups in total. The third kappa shape index (κ3) is 3.96. The lowest BCUT2D eigenvalue weighted by molar-refractivity contribution is -0.124. The van der Waals surface area contributed by atoms with Crippen LogP contribution in [-0.2, 0) is 4.79 Å². The Morgan fingerprint density at radius 2 is 1.85 bits per heavy atom. The number of nitrogens with zero attached hydrogens (tertiary/aromatic N) is 5. The van der Waals surface area contributed by atoms with E-state index in [0.29, 0.717) is 35.6 Å². The maximum Gasteiger partial charge on any atom is 0.298 e. The normalized spacial score (nSPS) is 15.3. The molecule has 1 atom stereocenters. The van der Waals surface area contributed by atoms with E-state index in [-0.39, 0.29) is 11.9 Å². The van der Waals surface area contributed by atoms with Crippen LogP contribution in [0, 0.1) is 11.8 Å². The predicted octanol–water partition coefficient (Wildman–Crippen LogP) is 3.66. The van der Waals surface area contributed by atoms with E-state index in [9.17, 15) is 4.79 Å². The van der Waals surface area contributed by atoms with Gasteiger partial charge in [0.15, 0.2) is 5.65 Å². The zero-order valence-electron chi connectivity index (χ0n) is 18.1. The SMILES string of the molecule is CC#CC(=O)N1CCC(n2nc(-c3ccc(Oc4ccccc4)cc3)c3c(N)ncnc32)C1. The molecule has 2 aromatic heterocycles. The summed E-state index contributed by atoms with van der Waals surface area (Å²) in [5.74, 6) is 6.97. The fraction of sp³-hybridized carbons (Fsp3) is 0.200. The van der Waals surface area contributed by atoms with Crippen molar-refractivity contribution in [3.8, 4) is 34.6 Å². The molecule has 8 heteroatoms. The van der Waals surface area contributed by atoms with E-state index >= 15 is 0 Å². The first kappa shape index (κ1) is 20.5. The van der Waals surface area contributed by atoms with Gasteiger partial charge in [-0.2, -0.15) is 5.10 Å². The van der Waals surface area contributed by atoms with Gasteiger partial charge in [-0.1, -0.05) is 24.1 Å². The lowest BCUT2D eigenvalue weighted by atomic mass is 10.1. The van der Waals surface area contributed by atoms with Crippen molar-refractivity contribution < 1.29 is 9.53 Å². The van der Waals surface area contributed by atoms with Crippen molar-refractivity contribution >= 4 is 22.8 Å². The summed E-state index contributed by atoms with van der Waals surface area (Å²) in [6, 6.07) is 17.3. The maximum absolute atomic E-state index is 12.2. The first-order chi connectivity index (χ1) is 16.1. The fourth-order valence-electron chi connectivity index (χ4n) is 4.07. The van der Waals surface area contributed by atoms with Crippen LogP contribution in [0.15, 0.2) is 60.9 Å². The van der Waals surface area contributed by atoms with Gasteiger partial charge in [0.05, 0.1) is 11.4 Å². The standard InChI is InChI=1S/C25H22N6O2/c1-2-6-21(32)30-14-13-18(15-30)31-25-22(24(26)27-16-28-25)23(29-31)17-9-11-20(12-10-17)33-19-7-4-3-5-8-19/h3-5,7-12,16,18H,13-15H2,1H3,(H2,26,27,28). The molecule has 164 valence electrons. The second-order valence-electron chi connectivity index (χ2n) is 7.76. The quantitative estimate of drug-likeness (QED) is 0.488. The van der Waals surface area contributed by atoms with Crippen molar-refractivity contribution in [3.63, 3.8) is 0 Å². The number of likely N-dealkylation sites (tertiary alicyclic amines) is 1. The molecule has 0 radical (unpaired) electrons. The average molecular weight is 438 g/mol. The van der Waals surface area contributed by atoms with Crippen molar-refractivity contribution in [1.29, 1.82) is 0 Å². The Balaban J connectivity index is 1.48. The number of aromatic nitrogens is 4. The van der Waals surface area contributed by atoms with E-state index in [4.69, 9.17) is 15.6 Å². The molecule has 0 aliphatic carbocycles. The molecule has 0 saturated carbocycles. The van der Waals surface area contributed by atoms with Gasteiger partial charge in [-0.15, -0.1) is 0 Å². The number of carbonyl (C=O) groups is 1. The number of ether oxygens (including phenoxy) is 1. The van der Waals surface area contributed by atoms with E-state index in [1.165, 1.54) is 6.33 Å². The minimum Gasteiger partial charge on any atom is -0.457 e. The van der Waals surface area contributed by atoms with Crippen molar-refractivity contribution in [2.24, 2.45) is 0 Å². The molecule has 1 saturated heterocycles. The van der Waals surface area contributed by atoms with E-state index < -0.39 is 0 Å². The molecule has 8 nitrogen and oxygen atoms in total. The maximum atomic E-state index is 12.2. The van der Waals surface area contributed by atoms with Gasteiger partial charge < -0.3 is 15.4 Å². The number of amides is 1. The Bertz CT molecular complexity index is 1370. The minimum atomic E-state index is -0.167. The Hall–Kier alpha value is -4.38. The number of carbonyl (C=O) groups excluding carboxylic acids is 1. The van der Waals surface area contributed by atoms with E-state index in [1.54, 1.807) is 11.8 Å². The molecule has 5 rings (SSSR count). The summed E-state index contributed by atoms with van der Waals surface area (Å²) in [6.45, 7) is 2.81. The number of rotatable bonds is 4. The van der Waals surface area contributed by atoms with Gasteiger partial charge in [0, 0.05) is 18.7 Å². The molecule has 1 fully saturated rings. The van der Waals surface area contributed by atoms with Crippen LogP contribution >= 0.6 is 0 Å². The van der Waals surface area contributed by atoms with Crippen LogP contribution in [-0.4, -0.2) is 43.6 Å². The van der Waals surface area contributed by atoms with Gasteiger partial charge in [-0.05, 0) is 55.7 Å². The van der Waals surface area contributed by atoms with Crippen LogP contribution in [0.25, 0.3) is 22.3 Å². The lowest BCUT2D eigenvalue weighted by Crippen LogP contribution is -2.28. The predicted molar refractivity (Wildman–Crippen MR) is 125 cm³/mol.